The van der Waals surface area contributed by atoms with Gasteiger partial charge in [-0.2, -0.15) is 0 Å². The highest BCUT2D eigenvalue weighted by Gasteiger charge is 2.21. The van der Waals surface area contributed by atoms with Crippen molar-refractivity contribution < 1.29 is 4.39 Å². The van der Waals surface area contributed by atoms with E-state index in [1.54, 1.807) is 13.0 Å². The van der Waals surface area contributed by atoms with Crippen LogP contribution in [0.5, 0.6) is 0 Å². The molecule has 1 aromatic heterocycles. The van der Waals surface area contributed by atoms with Crippen LogP contribution in [0.4, 0.5) is 4.39 Å². The fraction of sp³-hybridized carbons (Fsp3) is 0.471. The van der Waals surface area contributed by atoms with Crippen LogP contribution >= 0.6 is 0 Å². The lowest BCUT2D eigenvalue weighted by atomic mass is 10.0. The minimum Gasteiger partial charge on any atom is -0.326 e. The zero-order chi connectivity index (χ0) is 14.8. The summed E-state index contributed by atoms with van der Waals surface area (Å²) in [6.07, 6.45) is 7.42. The van der Waals surface area contributed by atoms with E-state index in [1.807, 2.05) is 24.7 Å². The van der Waals surface area contributed by atoms with E-state index >= 15 is 0 Å². The molecule has 1 aromatic carbocycles. The van der Waals surface area contributed by atoms with Crippen LogP contribution in [-0.2, 0) is 0 Å². The van der Waals surface area contributed by atoms with Gasteiger partial charge in [0.2, 0.25) is 0 Å². The average molecular weight is 287 g/mol. The lowest BCUT2D eigenvalue weighted by Gasteiger charge is -2.26. The van der Waals surface area contributed by atoms with Crippen molar-refractivity contribution in [3.05, 3.63) is 53.4 Å². The molecule has 3 rings (SSSR count). The van der Waals surface area contributed by atoms with Crippen LogP contribution < -0.4 is 5.32 Å². The molecule has 1 fully saturated rings. The first kappa shape index (κ1) is 14.3. The molecule has 0 saturated carbocycles. The van der Waals surface area contributed by atoms with Gasteiger partial charge in [0.25, 0.3) is 0 Å². The van der Waals surface area contributed by atoms with Crippen LogP contribution in [0, 0.1) is 12.7 Å². The highest BCUT2D eigenvalue weighted by atomic mass is 19.1. The van der Waals surface area contributed by atoms with Gasteiger partial charge < -0.3 is 9.88 Å². The third-order valence-corrected chi connectivity index (χ3v) is 4.46. The molecule has 1 saturated heterocycles. The SMILES string of the molecule is Cc1ccc(C(C)n2cncc2C2CCCCN2)cc1F. The van der Waals surface area contributed by atoms with Crippen molar-refractivity contribution in [1.82, 2.24) is 14.9 Å². The molecule has 2 aromatic rings. The zero-order valence-corrected chi connectivity index (χ0v) is 12.6. The maximum absolute atomic E-state index is 13.8. The molecule has 1 N–H and O–H groups in total. The molecule has 3 nitrogen and oxygen atoms in total. The van der Waals surface area contributed by atoms with E-state index in [1.165, 1.54) is 18.5 Å². The Balaban J connectivity index is 1.89. The predicted molar refractivity (Wildman–Crippen MR) is 81.8 cm³/mol. The largest absolute Gasteiger partial charge is 0.326 e. The van der Waals surface area contributed by atoms with Crippen molar-refractivity contribution in [3.8, 4) is 0 Å². The summed E-state index contributed by atoms with van der Waals surface area (Å²) < 4.78 is 16.0. The van der Waals surface area contributed by atoms with E-state index < -0.39 is 0 Å². The summed E-state index contributed by atoms with van der Waals surface area (Å²) in [5.41, 5.74) is 2.86. The Morgan fingerprint density at radius 2 is 2.24 bits per heavy atom. The monoisotopic (exact) mass is 287 g/mol. The summed E-state index contributed by atoms with van der Waals surface area (Å²) >= 11 is 0. The van der Waals surface area contributed by atoms with E-state index in [0.717, 1.165) is 18.5 Å². The Hall–Kier alpha value is -1.68. The van der Waals surface area contributed by atoms with Crippen LogP contribution in [0.1, 0.15) is 55.1 Å². The summed E-state index contributed by atoms with van der Waals surface area (Å²) in [7, 11) is 0. The van der Waals surface area contributed by atoms with Crippen molar-refractivity contribution in [2.24, 2.45) is 0 Å². The van der Waals surface area contributed by atoms with Gasteiger partial charge in [-0.3, -0.25) is 0 Å². The number of imidazole rings is 1. The molecule has 4 heteroatoms. The van der Waals surface area contributed by atoms with Crippen LogP contribution in [0.2, 0.25) is 0 Å². The smallest absolute Gasteiger partial charge is 0.126 e. The van der Waals surface area contributed by atoms with Gasteiger partial charge in [-0.25, -0.2) is 9.37 Å². The first-order chi connectivity index (χ1) is 10.2. The first-order valence-electron chi connectivity index (χ1n) is 7.68. The number of benzene rings is 1. The summed E-state index contributed by atoms with van der Waals surface area (Å²) in [6, 6.07) is 5.93. The molecule has 2 atom stereocenters. The standard InChI is InChI=1S/C17H22FN3/c1-12-6-7-14(9-15(12)18)13(2)21-11-19-10-17(21)16-5-3-4-8-20-16/h6-7,9-11,13,16,20H,3-5,8H2,1-2H3. The Morgan fingerprint density at radius 3 is 2.95 bits per heavy atom. The molecule has 2 heterocycles. The number of nitrogens with one attached hydrogen (secondary N) is 1. The van der Waals surface area contributed by atoms with Crippen molar-refractivity contribution in [2.75, 3.05) is 6.54 Å². The Labute approximate surface area is 125 Å². The highest BCUT2D eigenvalue weighted by molar-refractivity contribution is 5.27. The highest BCUT2D eigenvalue weighted by Crippen LogP contribution is 2.28. The number of aromatic nitrogens is 2. The van der Waals surface area contributed by atoms with E-state index in [9.17, 15) is 4.39 Å². The fourth-order valence-corrected chi connectivity index (χ4v) is 3.04. The predicted octanol–water partition coefficient (Wildman–Crippen LogP) is 3.75. The summed E-state index contributed by atoms with van der Waals surface area (Å²) in [4.78, 5) is 4.31. The quantitative estimate of drug-likeness (QED) is 0.931. The Bertz CT molecular complexity index is 614. The first-order valence-corrected chi connectivity index (χ1v) is 7.68. The summed E-state index contributed by atoms with van der Waals surface area (Å²) in [5.74, 6) is -0.142. The molecule has 0 radical (unpaired) electrons. The van der Waals surface area contributed by atoms with Gasteiger partial charge in [0.1, 0.15) is 5.82 Å². The van der Waals surface area contributed by atoms with Crippen molar-refractivity contribution in [1.29, 1.82) is 0 Å². The maximum atomic E-state index is 13.8. The third-order valence-electron chi connectivity index (χ3n) is 4.46. The van der Waals surface area contributed by atoms with Gasteiger partial charge in [-0.1, -0.05) is 18.6 Å². The second-order valence-corrected chi connectivity index (χ2v) is 5.91. The number of rotatable bonds is 3. The molecule has 1 aliphatic heterocycles. The molecule has 0 amide bonds. The van der Waals surface area contributed by atoms with Crippen LogP contribution in [-0.4, -0.2) is 16.1 Å². The van der Waals surface area contributed by atoms with E-state index in [4.69, 9.17) is 0 Å². The summed E-state index contributed by atoms with van der Waals surface area (Å²) in [6.45, 7) is 4.94. The molecule has 1 aliphatic rings. The van der Waals surface area contributed by atoms with Gasteiger partial charge in [-0.05, 0) is 50.4 Å². The molecule has 21 heavy (non-hydrogen) atoms. The molecule has 112 valence electrons. The van der Waals surface area contributed by atoms with E-state index in [-0.39, 0.29) is 11.9 Å². The number of piperidine rings is 1. The zero-order valence-electron chi connectivity index (χ0n) is 12.6. The second kappa shape index (κ2) is 5.98. The topological polar surface area (TPSA) is 29.9 Å². The normalized spacial score (nSPS) is 20.4. The van der Waals surface area contributed by atoms with Gasteiger partial charge in [0, 0.05) is 12.2 Å². The van der Waals surface area contributed by atoms with E-state index in [2.05, 4.69) is 21.8 Å². The molecule has 0 aliphatic carbocycles. The lowest BCUT2D eigenvalue weighted by Crippen LogP contribution is -2.29. The third kappa shape index (κ3) is 2.86. The van der Waals surface area contributed by atoms with Gasteiger partial charge in [0.15, 0.2) is 0 Å². The summed E-state index contributed by atoms with van der Waals surface area (Å²) in [5, 5.41) is 3.55. The fourth-order valence-electron chi connectivity index (χ4n) is 3.04. The van der Waals surface area contributed by atoms with Crippen molar-refractivity contribution >= 4 is 0 Å². The van der Waals surface area contributed by atoms with Gasteiger partial charge in [-0.15, -0.1) is 0 Å². The molecular formula is C17H22FN3. The van der Waals surface area contributed by atoms with Crippen molar-refractivity contribution in [3.63, 3.8) is 0 Å². The van der Waals surface area contributed by atoms with Gasteiger partial charge in [0.05, 0.1) is 18.1 Å². The molecule has 2 unspecified atom stereocenters. The number of hydrogen-bond acceptors (Lipinski definition) is 2. The maximum Gasteiger partial charge on any atom is 0.126 e. The second-order valence-electron chi connectivity index (χ2n) is 5.91. The number of halogens is 1. The number of nitrogens with zero attached hydrogens (tertiary/aromatic N) is 2. The van der Waals surface area contributed by atoms with Crippen LogP contribution in [0.3, 0.4) is 0 Å². The minimum atomic E-state index is -0.142. The minimum absolute atomic E-state index is 0.0846. The molecule has 0 bridgehead atoms. The van der Waals surface area contributed by atoms with E-state index in [0.29, 0.717) is 11.6 Å². The average Bonchev–Trinajstić information content (AvgIpc) is 2.99. The molecule has 0 spiro atoms. The lowest BCUT2D eigenvalue weighted by molar-refractivity contribution is 0.389. The Kier molecular flexibility index (Phi) is 4.06. The van der Waals surface area contributed by atoms with Crippen LogP contribution in [0.15, 0.2) is 30.7 Å². The number of hydrogen-bond donors (Lipinski definition) is 1. The van der Waals surface area contributed by atoms with Crippen molar-refractivity contribution in [2.45, 2.75) is 45.2 Å². The van der Waals surface area contributed by atoms with Crippen LogP contribution in [0.25, 0.3) is 0 Å². The molecular weight excluding hydrogens is 265 g/mol. The Morgan fingerprint density at radius 1 is 1.38 bits per heavy atom. The number of aryl methyl sites for hydroxylation is 1. The van der Waals surface area contributed by atoms with Gasteiger partial charge >= 0.3 is 0 Å².